The van der Waals surface area contributed by atoms with Gasteiger partial charge in [0.25, 0.3) is 0 Å². The van der Waals surface area contributed by atoms with Crippen molar-refractivity contribution in [1.82, 2.24) is 4.98 Å². The number of hydrogen-bond donors (Lipinski definition) is 2. The molecule has 1 aliphatic heterocycles. The molecule has 0 spiro atoms. The fourth-order valence-electron chi connectivity index (χ4n) is 1.71. The van der Waals surface area contributed by atoms with E-state index in [4.69, 9.17) is 5.73 Å². The van der Waals surface area contributed by atoms with Crippen LogP contribution >= 0.6 is 23.7 Å². The van der Waals surface area contributed by atoms with Crippen LogP contribution in [0.5, 0.6) is 0 Å². The van der Waals surface area contributed by atoms with E-state index in [2.05, 4.69) is 15.3 Å². The molecule has 1 aromatic heterocycles. The Morgan fingerprint density at radius 2 is 2.12 bits per heavy atom. The van der Waals surface area contributed by atoms with Crippen LogP contribution in [0.1, 0.15) is 16.7 Å². The number of rotatable bonds is 1. The van der Waals surface area contributed by atoms with E-state index >= 15 is 0 Å². The molecule has 2 heterocycles. The van der Waals surface area contributed by atoms with Crippen LogP contribution in [0.2, 0.25) is 0 Å². The minimum absolute atomic E-state index is 0. The molecule has 0 saturated carbocycles. The summed E-state index contributed by atoms with van der Waals surface area (Å²) >= 11 is 1.57. The average Bonchev–Trinajstić information content (AvgIpc) is 2.82. The highest BCUT2D eigenvalue weighted by atomic mass is 35.5. The Morgan fingerprint density at radius 3 is 2.88 bits per heavy atom. The van der Waals surface area contributed by atoms with Crippen LogP contribution < -0.4 is 11.1 Å². The van der Waals surface area contributed by atoms with Crippen LogP contribution in [0.15, 0.2) is 40.8 Å². The summed E-state index contributed by atoms with van der Waals surface area (Å²) in [6.07, 6.45) is 1.61. The maximum absolute atomic E-state index is 5.93. The summed E-state index contributed by atoms with van der Waals surface area (Å²) < 4.78 is 0. The SMILES string of the molecule is Cl.NC1=NC(c2nccs2)Nc2ccccc21. The van der Waals surface area contributed by atoms with E-state index in [0.29, 0.717) is 5.84 Å². The first-order chi connectivity index (χ1) is 7.84. The van der Waals surface area contributed by atoms with Crippen LogP contribution in [-0.4, -0.2) is 10.8 Å². The van der Waals surface area contributed by atoms with Crippen molar-refractivity contribution in [3.8, 4) is 0 Å². The number of anilines is 1. The van der Waals surface area contributed by atoms with Crippen molar-refractivity contribution in [1.29, 1.82) is 0 Å². The van der Waals surface area contributed by atoms with Crippen molar-refractivity contribution in [2.75, 3.05) is 5.32 Å². The van der Waals surface area contributed by atoms with Gasteiger partial charge in [-0.2, -0.15) is 0 Å². The normalized spacial score (nSPS) is 17.4. The average molecular weight is 267 g/mol. The van der Waals surface area contributed by atoms with Crippen molar-refractivity contribution in [2.24, 2.45) is 10.7 Å². The molecular weight excluding hydrogens is 256 g/mol. The number of halogens is 1. The molecule has 3 rings (SSSR count). The Kier molecular flexibility index (Phi) is 3.31. The fraction of sp³-hybridized carbons (Fsp3) is 0.0909. The lowest BCUT2D eigenvalue weighted by Crippen LogP contribution is -2.25. The molecular formula is C11H11ClN4S. The van der Waals surface area contributed by atoms with Crippen LogP contribution in [-0.2, 0) is 0 Å². The standard InChI is InChI=1S/C11H10N4S.ClH/c12-9-7-3-1-2-4-8(7)14-10(15-9)11-13-5-6-16-11;/h1-6,10,14H,(H2,12,15);1H. The predicted octanol–water partition coefficient (Wildman–Crippen LogP) is 2.39. The number of amidine groups is 1. The number of fused-ring (bicyclic) bond motifs is 1. The summed E-state index contributed by atoms with van der Waals surface area (Å²) in [5, 5.41) is 6.17. The molecule has 0 amide bonds. The first-order valence-electron chi connectivity index (χ1n) is 4.93. The second-order valence-corrected chi connectivity index (χ2v) is 4.40. The van der Waals surface area contributed by atoms with Crippen molar-refractivity contribution in [2.45, 2.75) is 6.17 Å². The Hall–Kier alpha value is -1.59. The summed E-state index contributed by atoms with van der Waals surface area (Å²) in [6, 6.07) is 7.88. The van der Waals surface area contributed by atoms with Crippen LogP contribution in [0.3, 0.4) is 0 Å². The lowest BCUT2D eigenvalue weighted by Gasteiger charge is -2.22. The highest BCUT2D eigenvalue weighted by Crippen LogP contribution is 2.29. The summed E-state index contributed by atoms with van der Waals surface area (Å²) in [7, 11) is 0. The van der Waals surface area contributed by atoms with Gasteiger partial charge in [-0.15, -0.1) is 23.7 Å². The van der Waals surface area contributed by atoms with Gasteiger partial charge in [0.05, 0.1) is 0 Å². The number of thiazole rings is 1. The Labute approximate surface area is 109 Å². The number of nitrogens with zero attached hydrogens (tertiary/aromatic N) is 2. The number of aliphatic imine (C=N–C) groups is 1. The maximum atomic E-state index is 5.93. The van der Waals surface area contributed by atoms with Crippen molar-refractivity contribution in [3.63, 3.8) is 0 Å². The van der Waals surface area contributed by atoms with Crippen molar-refractivity contribution >= 4 is 35.3 Å². The van der Waals surface area contributed by atoms with Crippen molar-refractivity contribution in [3.05, 3.63) is 46.4 Å². The smallest absolute Gasteiger partial charge is 0.173 e. The number of aromatic nitrogens is 1. The molecule has 88 valence electrons. The van der Waals surface area contributed by atoms with E-state index < -0.39 is 0 Å². The summed E-state index contributed by atoms with van der Waals surface area (Å²) in [5.41, 5.74) is 7.89. The molecule has 0 radical (unpaired) electrons. The molecule has 1 aliphatic rings. The Balaban J connectivity index is 0.00000108. The minimum Gasteiger partial charge on any atom is -0.383 e. The van der Waals surface area contributed by atoms with Gasteiger partial charge >= 0.3 is 0 Å². The van der Waals surface area contributed by atoms with E-state index in [1.807, 2.05) is 29.6 Å². The number of nitrogens with two attached hydrogens (primary N) is 1. The molecule has 0 saturated heterocycles. The molecule has 1 atom stereocenters. The summed E-state index contributed by atoms with van der Waals surface area (Å²) in [4.78, 5) is 8.64. The third-order valence-electron chi connectivity index (χ3n) is 2.45. The van der Waals surface area contributed by atoms with Gasteiger partial charge in [-0.3, -0.25) is 0 Å². The summed E-state index contributed by atoms with van der Waals surface area (Å²) in [6.45, 7) is 0. The number of benzene rings is 1. The zero-order valence-corrected chi connectivity index (χ0v) is 10.5. The number of para-hydroxylation sites is 1. The molecule has 1 unspecified atom stereocenters. The van der Waals surface area contributed by atoms with Gasteiger partial charge in [0.2, 0.25) is 0 Å². The molecule has 4 nitrogen and oxygen atoms in total. The Bertz CT molecular complexity index is 538. The maximum Gasteiger partial charge on any atom is 0.173 e. The molecule has 0 bridgehead atoms. The fourth-order valence-corrected chi connectivity index (χ4v) is 2.33. The van der Waals surface area contributed by atoms with E-state index in [1.165, 1.54) is 0 Å². The van der Waals surface area contributed by atoms with E-state index in [-0.39, 0.29) is 18.6 Å². The first-order valence-corrected chi connectivity index (χ1v) is 5.81. The van der Waals surface area contributed by atoms with Crippen LogP contribution in [0, 0.1) is 0 Å². The highest BCUT2D eigenvalue weighted by Gasteiger charge is 2.20. The zero-order valence-electron chi connectivity index (χ0n) is 8.83. The van der Waals surface area contributed by atoms with Gasteiger partial charge in [-0.1, -0.05) is 12.1 Å². The third-order valence-corrected chi connectivity index (χ3v) is 3.28. The molecule has 0 fully saturated rings. The molecule has 17 heavy (non-hydrogen) atoms. The van der Waals surface area contributed by atoms with Gasteiger partial charge in [0.15, 0.2) is 6.17 Å². The lowest BCUT2D eigenvalue weighted by molar-refractivity contribution is 0.814. The second kappa shape index (κ2) is 4.73. The van der Waals surface area contributed by atoms with E-state index in [9.17, 15) is 0 Å². The van der Waals surface area contributed by atoms with Gasteiger partial charge in [-0.05, 0) is 12.1 Å². The van der Waals surface area contributed by atoms with E-state index in [0.717, 1.165) is 16.3 Å². The van der Waals surface area contributed by atoms with Gasteiger partial charge in [0, 0.05) is 22.8 Å². The van der Waals surface area contributed by atoms with Gasteiger partial charge in [-0.25, -0.2) is 9.98 Å². The van der Waals surface area contributed by atoms with Crippen LogP contribution in [0.25, 0.3) is 0 Å². The molecule has 2 aromatic rings. The summed E-state index contributed by atoms with van der Waals surface area (Å²) in [5.74, 6) is 0.564. The first kappa shape index (κ1) is 11.9. The largest absolute Gasteiger partial charge is 0.383 e. The molecule has 1 aromatic carbocycles. The molecule has 3 N–H and O–H groups in total. The molecule has 6 heteroatoms. The second-order valence-electron chi connectivity index (χ2n) is 3.48. The van der Waals surface area contributed by atoms with Gasteiger partial charge < -0.3 is 11.1 Å². The predicted molar refractivity (Wildman–Crippen MR) is 72.9 cm³/mol. The third kappa shape index (κ3) is 2.11. The monoisotopic (exact) mass is 266 g/mol. The zero-order chi connectivity index (χ0) is 11.0. The van der Waals surface area contributed by atoms with Crippen LogP contribution in [0.4, 0.5) is 5.69 Å². The van der Waals surface area contributed by atoms with Crippen molar-refractivity contribution < 1.29 is 0 Å². The number of hydrogen-bond acceptors (Lipinski definition) is 5. The minimum atomic E-state index is -0.158. The Morgan fingerprint density at radius 1 is 1.29 bits per heavy atom. The molecule has 0 aliphatic carbocycles. The number of nitrogens with one attached hydrogen (secondary N) is 1. The van der Waals surface area contributed by atoms with Gasteiger partial charge in [0.1, 0.15) is 10.8 Å². The van der Waals surface area contributed by atoms with E-state index in [1.54, 1.807) is 17.5 Å². The quantitative estimate of drug-likeness (QED) is 0.833. The topological polar surface area (TPSA) is 63.3 Å². The lowest BCUT2D eigenvalue weighted by atomic mass is 10.1. The highest BCUT2D eigenvalue weighted by molar-refractivity contribution is 7.09.